The lowest BCUT2D eigenvalue weighted by Crippen LogP contribution is -2.27. The summed E-state index contributed by atoms with van der Waals surface area (Å²) in [6, 6.07) is 12.2. The number of carbonyl (C=O) groups is 2. The van der Waals surface area contributed by atoms with Crippen LogP contribution in [0.5, 0.6) is 0 Å². The molecule has 0 saturated carbocycles. The number of imide groups is 1. The van der Waals surface area contributed by atoms with Crippen LogP contribution in [0.15, 0.2) is 47.4 Å². The van der Waals surface area contributed by atoms with Gasteiger partial charge >= 0.3 is 0 Å². The predicted octanol–water partition coefficient (Wildman–Crippen LogP) is 5.88. The fraction of sp³-hybridized carbons (Fsp3) is 0.0588. The zero-order valence-electron chi connectivity index (χ0n) is 12.1. The van der Waals surface area contributed by atoms with E-state index in [1.54, 1.807) is 42.5 Å². The van der Waals surface area contributed by atoms with Crippen molar-refractivity contribution >= 4 is 63.8 Å². The van der Waals surface area contributed by atoms with Crippen LogP contribution in [-0.2, 0) is 11.3 Å². The summed E-state index contributed by atoms with van der Waals surface area (Å²) in [5.41, 5.74) is 1.30. The number of nitrogens with zero attached hydrogens (tertiary/aromatic N) is 1. The first-order chi connectivity index (χ1) is 11.5. The molecule has 3 nitrogen and oxygen atoms in total. The van der Waals surface area contributed by atoms with Crippen LogP contribution >= 0.6 is 46.6 Å². The Hall–Kier alpha value is -1.46. The minimum absolute atomic E-state index is 0.130. The largest absolute Gasteiger partial charge is 0.293 e. The minimum atomic E-state index is -0.374. The lowest BCUT2D eigenvalue weighted by Gasteiger charge is -2.13. The summed E-state index contributed by atoms with van der Waals surface area (Å²) in [5.74, 6) is -0.374. The Morgan fingerprint density at radius 1 is 0.958 bits per heavy atom. The van der Waals surface area contributed by atoms with E-state index in [-0.39, 0.29) is 17.7 Å². The zero-order valence-corrected chi connectivity index (χ0v) is 15.2. The number of hydrogen-bond acceptors (Lipinski definition) is 3. The van der Waals surface area contributed by atoms with Crippen molar-refractivity contribution in [2.75, 3.05) is 0 Å². The van der Waals surface area contributed by atoms with E-state index >= 15 is 0 Å². The summed E-state index contributed by atoms with van der Waals surface area (Å²) in [7, 11) is 0. The van der Waals surface area contributed by atoms with Gasteiger partial charge in [0.25, 0.3) is 11.1 Å². The van der Waals surface area contributed by atoms with Crippen molar-refractivity contribution in [1.29, 1.82) is 0 Å². The fourth-order valence-corrected chi connectivity index (χ4v) is 3.59. The highest BCUT2D eigenvalue weighted by atomic mass is 35.5. The summed E-state index contributed by atoms with van der Waals surface area (Å²) in [5, 5.41) is 0.903. The second kappa shape index (κ2) is 7.19. The molecule has 0 aliphatic carbocycles. The van der Waals surface area contributed by atoms with Gasteiger partial charge in [0.05, 0.1) is 21.5 Å². The highest BCUT2D eigenvalue weighted by Gasteiger charge is 2.35. The third-order valence-electron chi connectivity index (χ3n) is 3.43. The molecule has 0 bridgehead atoms. The highest BCUT2D eigenvalue weighted by Crippen LogP contribution is 2.36. The first-order valence-corrected chi connectivity index (χ1v) is 8.85. The molecule has 0 aromatic heterocycles. The van der Waals surface area contributed by atoms with Crippen LogP contribution < -0.4 is 0 Å². The SMILES string of the molecule is O=C1S/C(=C/c2cccc(Cl)c2Cl)C(=O)N1Cc1ccccc1Cl. The molecule has 0 unspecified atom stereocenters. The van der Waals surface area contributed by atoms with Crippen LogP contribution in [0.2, 0.25) is 15.1 Å². The van der Waals surface area contributed by atoms with Crippen LogP contribution in [0.3, 0.4) is 0 Å². The Balaban J connectivity index is 1.88. The third kappa shape index (κ3) is 3.47. The highest BCUT2D eigenvalue weighted by molar-refractivity contribution is 8.18. The van der Waals surface area contributed by atoms with Crippen LogP contribution in [0.4, 0.5) is 4.79 Å². The minimum Gasteiger partial charge on any atom is -0.268 e. The van der Waals surface area contributed by atoms with Gasteiger partial charge in [-0.05, 0) is 41.1 Å². The van der Waals surface area contributed by atoms with Gasteiger partial charge in [0, 0.05) is 5.02 Å². The van der Waals surface area contributed by atoms with Gasteiger partial charge < -0.3 is 0 Å². The van der Waals surface area contributed by atoms with E-state index in [1.165, 1.54) is 0 Å². The van der Waals surface area contributed by atoms with Crippen molar-refractivity contribution < 1.29 is 9.59 Å². The normalized spacial score (nSPS) is 16.3. The van der Waals surface area contributed by atoms with Crippen molar-refractivity contribution in [3.8, 4) is 0 Å². The molecular weight excluding hydrogens is 389 g/mol. The number of amides is 2. The van der Waals surface area contributed by atoms with Crippen molar-refractivity contribution in [2.45, 2.75) is 6.54 Å². The van der Waals surface area contributed by atoms with E-state index in [1.807, 2.05) is 6.07 Å². The van der Waals surface area contributed by atoms with E-state index in [0.29, 0.717) is 31.1 Å². The molecule has 2 aromatic rings. The lowest BCUT2D eigenvalue weighted by molar-refractivity contribution is -0.123. The zero-order chi connectivity index (χ0) is 17.3. The summed E-state index contributed by atoms with van der Waals surface area (Å²) < 4.78 is 0. The van der Waals surface area contributed by atoms with Gasteiger partial charge in [-0.25, -0.2) is 0 Å². The Bertz CT molecular complexity index is 867. The number of hydrogen-bond donors (Lipinski definition) is 0. The maximum Gasteiger partial charge on any atom is 0.293 e. The third-order valence-corrected chi connectivity index (χ3v) is 5.54. The van der Waals surface area contributed by atoms with E-state index in [2.05, 4.69) is 0 Å². The van der Waals surface area contributed by atoms with Crippen molar-refractivity contribution in [2.24, 2.45) is 0 Å². The van der Waals surface area contributed by atoms with E-state index in [9.17, 15) is 9.59 Å². The number of thioether (sulfide) groups is 1. The van der Waals surface area contributed by atoms with Gasteiger partial charge in [-0.3, -0.25) is 14.5 Å². The van der Waals surface area contributed by atoms with Crippen LogP contribution in [0, 0.1) is 0 Å². The number of halogens is 3. The fourth-order valence-electron chi connectivity index (χ4n) is 2.21. The molecule has 1 heterocycles. The summed E-state index contributed by atoms with van der Waals surface area (Å²) in [6.45, 7) is 0.130. The Labute approximate surface area is 158 Å². The lowest BCUT2D eigenvalue weighted by atomic mass is 10.2. The molecule has 122 valence electrons. The molecule has 1 aliphatic heterocycles. The molecule has 0 atom stereocenters. The van der Waals surface area contributed by atoms with Gasteiger partial charge in [0.2, 0.25) is 0 Å². The first kappa shape index (κ1) is 17.4. The van der Waals surface area contributed by atoms with Gasteiger partial charge in [-0.2, -0.15) is 0 Å². The van der Waals surface area contributed by atoms with E-state index in [0.717, 1.165) is 16.7 Å². The van der Waals surface area contributed by atoms with Crippen LogP contribution in [0.25, 0.3) is 6.08 Å². The summed E-state index contributed by atoms with van der Waals surface area (Å²) in [4.78, 5) is 26.2. The van der Waals surface area contributed by atoms with Crippen molar-refractivity contribution in [3.05, 3.63) is 73.6 Å². The van der Waals surface area contributed by atoms with Gasteiger partial charge in [0.1, 0.15) is 0 Å². The van der Waals surface area contributed by atoms with Crippen molar-refractivity contribution in [3.63, 3.8) is 0 Å². The van der Waals surface area contributed by atoms with E-state index in [4.69, 9.17) is 34.8 Å². The number of benzene rings is 2. The average molecular weight is 399 g/mol. The van der Waals surface area contributed by atoms with Crippen LogP contribution in [-0.4, -0.2) is 16.0 Å². The second-order valence-electron chi connectivity index (χ2n) is 5.00. The summed E-state index contributed by atoms with van der Waals surface area (Å²) >= 11 is 19.1. The molecule has 7 heteroatoms. The standard InChI is InChI=1S/C17H10Cl3NO2S/c18-12-6-2-1-4-11(12)9-21-16(22)14(24-17(21)23)8-10-5-3-7-13(19)15(10)20/h1-8H,9H2/b14-8+. The molecule has 1 aliphatic rings. The molecule has 2 aromatic carbocycles. The van der Waals surface area contributed by atoms with Gasteiger partial charge in [0.15, 0.2) is 0 Å². The topological polar surface area (TPSA) is 37.4 Å². The molecule has 0 spiro atoms. The average Bonchev–Trinajstić information content (AvgIpc) is 2.81. The molecule has 1 fully saturated rings. The molecule has 0 radical (unpaired) electrons. The molecule has 3 rings (SSSR count). The Kier molecular flexibility index (Phi) is 5.21. The molecule has 2 amide bonds. The van der Waals surface area contributed by atoms with Crippen LogP contribution in [0.1, 0.15) is 11.1 Å². The number of carbonyl (C=O) groups excluding carboxylic acids is 2. The molecule has 1 saturated heterocycles. The smallest absolute Gasteiger partial charge is 0.268 e. The molecule has 24 heavy (non-hydrogen) atoms. The second-order valence-corrected chi connectivity index (χ2v) is 7.19. The molecular formula is C17H10Cl3NO2S. The van der Waals surface area contributed by atoms with Crippen molar-refractivity contribution in [1.82, 2.24) is 4.90 Å². The molecule has 0 N–H and O–H groups in total. The summed E-state index contributed by atoms with van der Waals surface area (Å²) in [6.07, 6.45) is 1.58. The maximum atomic E-state index is 12.5. The Morgan fingerprint density at radius 3 is 2.42 bits per heavy atom. The monoisotopic (exact) mass is 397 g/mol. The quantitative estimate of drug-likeness (QED) is 0.606. The van der Waals surface area contributed by atoms with E-state index < -0.39 is 0 Å². The first-order valence-electron chi connectivity index (χ1n) is 6.90. The predicted molar refractivity (Wildman–Crippen MR) is 99.4 cm³/mol. The number of rotatable bonds is 3. The maximum absolute atomic E-state index is 12.5. The Morgan fingerprint density at radius 2 is 1.67 bits per heavy atom. The van der Waals surface area contributed by atoms with Gasteiger partial charge in [-0.1, -0.05) is 65.1 Å². The van der Waals surface area contributed by atoms with Gasteiger partial charge in [-0.15, -0.1) is 0 Å².